The molecule has 0 aliphatic carbocycles. The van der Waals surface area contributed by atoms with Gasteiger partial charge in [0.1, 0.15) is 5.75 Å². The van der Waals surface area contributed by atoms with E-state index in [2.05, 4.69) is 0 Å². The number of hydrogen-bond donors (Lipinski definition) is 3. The van der Waals surface area contributed by atoms with Crippen LogP contribution in [0.3, 0.4) is 0 Å². The lowest BCUT2D eigenvalue weighted by Gasteiger charge is -2.32. The highest BCUT2D eigenvalue weighted by molar-refractivity contribution is 7.89. The lowest BCUT2D eigenvalue weighted by molar-refractivity contribution is -0.150. The highest BCUT2D eigenvalue weighted by Gasteiger charge is 2.32. The van der Waals surface area contributed by atoms with E-state index in [1.54, 1.807) is 0 Å². The molecule has 0 bridgehead atoms. The minimum absolute atomic E-state index is 0.0507. The third-order valence-electron chi connectivity index (χ3n) is 6.10. The van der Waals surface area contributed by atoms with Crippen LogP contribution >= 0.6 is 11.6 Å². The number of rotatable bonds is 11. The molecule has 1 aliphatic heterocycles. The van der Waals surface area contributed by atoms with Gasteiger partial charge in [0.05, 0.1) is 11.4 Å². The number of likely N-dealkylation sites (tertiary alicyclic amines) is 1. The summed E-state index contributed by atoms with van der Waals surface area (Å²) in [6.07, 6.45) is 1.02. The molecule has 1 unspecified atom stereocenters. The molecule has 0 aromatic heterocycles. The van der Waals surface area contributed by atoms with Crippen LogP contribution in [0.25, 0.3) is 0 Å². The second-order valence-electron chi connectivity index (χ2n) is 8.89. The molecule has 2 aromatic rings. The average molecular weight is 591 g/mol. The fraction of sp³-hybridized carbons (Fsp3) is 0.417. The SMILES string of the molecule is CN(CCN(CC(=O)NO)S(=O)(=O)c1cc(F)c(Oc2ccc(Cl)cc2)c(F)c1)C(O)C(=O)N1CCCCC1. The molecule has 39 heavy (non-hydrogen) atoms. The number of halogens is 3. The molecule has 1 fully saturated rings. The van der Waals surface area contributed by atoms with Gasteiger partial charge in [0.15, 0.2) is 23.6 Å². The molecule has 15 heteroatoms. The fourth-order valence-corrected chi connectivity index (χ4v) is 5.43. The summed E-state index contributed by atoms with van der Waals surface area (Å²) in [4.78, 5) is 26.3. The molecule has 0 saturated carbocycles. The zero-order valence-corrected chi connectivity index (χ0v) is 22.6. The van der Waals surface area contributed by atoms with Crippen molar-refractivity contribution in [2.75, 3.05) is 39.8 Å². The monoisotopic (exact) mass is 590 g/mol. The Morgan fingerprint density at radius 2 is 1.69 bits per heavy atom. The predicted molar refractivity (Wildman–Crippen MR) is 136 cm³/mol. The lowest BCUT2D eigenvalue weighted by Crippen LogP contribution is -2.51. The van der Waals surface area contributed by atoms with Crippen LogP contribution in [0.1, 0.15) is 19.3 Å². The molecule has 1 atom stereocenters. The molecule has 1 saturated heterocycles. The molecular weight excluding hydrogens is 562 g/mol. The molecular formula is C24H29ClF2N4O7S. The van der Waals surface area contributed by atoms with Gasteiger partial charge in [-0.05, 0) is 62.7 Å². The Balaban J connectivity index is 1.79. The van der Waals surface area contributed by atoms with E-state index in [0.29, 0.717) is 34.6 Å². The number of hydroxylamine groups is 1. The van der Waals surface area contributed by atoms with Gasteiger partial charge in [-0.25, -0.2) is 22.7 Å². The first kappa shape index (κ1) is 30.7. The summed E-state index contributed by atoms with van der Waals surface area (Å²) in [6.45, 7) is -0.620. The van der Waals surface area contributed by atoms with Gasteiger partial charge >= 0.3 is 0 Å². The molecule has 3 rings (SSSR count). The van der Waals surface area contributed by atoms with Gasteiger partial charge in [0.2, 0.25) is 10.0 Å². The number of sulfonamides is 1. The number of aliphatic hydroxyl groups excluding tert-OH is 1. The maximum Gasteiger partial charge on any atom is 0.266 e. The van der Waals surface area contributed by atoms with Gasteiger partial charge in [0, 0.05) is 31.2 Å². The van der Waals surface area contributed by atoms with E-state index in [0.717, 1.165) is 19.3 Å². The summed E-state index contributed by atoms with van der Waals surface area (Å²) in [5.41, 5.74) is 1.31. The summed E-state index contributed by atoms with van der Waals surface area (Å²) in [5.74, 6) is -5.11. The van der Waals surface area contributed by atoms with Gasteiger partial charge in [-0.15, -0.1) is 0 Å². The number of nitrogens with zero attached hydrogens (tertiary/aromatic N) is 3. The number of ether oxygens (including phenoxy) is 1. The lowest BCUT2D eigenvalue weighted by atomic mass is 10.1. The van der Waals surface area contributed by atoms with Crippen LogP contribution in [0.2, 0.25) is 5.02 Å². The fourth-order valence-electron chi connectivity index (χ4n) is 3.89. The molecule has 0 spiro atoms. The minimum atomic E-state index is -4.70. The van der Waals surface area contributed by atoms with Gasteiger partial charge in [-0.1, -0.05) is 11.6 Å². The van der Waals surface area contributed by atoms with Crippen molar-refractivity contribution >= 4 is 33.4 Å². The molecule has 2 amide bonds. The largest absolute Gasteiger partial charge is 0.451 e. The first-order chi connectivity index (χ1) is 18.4. The van der Waals surface area contributed by atoms with Crippen molar-refractivity contribution in [1.29, 1.82) is 0 Å². The van der Waals surface area contributed by atoms with Crippen molar-refractivity contribution in [2.24, 2.45) is 0 Å². The molecule has 214 valence electrons. The Morgan fingerprint density at radius 3 is 2.26 bits per heavy atom. The summed E-state index contributed by atoms with van der Waals surface area (Å²) in [6, 6.07) is 6.66. The van der Waals surface area contributed by atoms with Gasteiger partial charge in [-0.2, -0.15) is 4.31 Å². The number of nitrogens with one attached hydrogen (secondary N) is 1. The van der Waals surface area contributed by atoms with Crippen LogP contribution in [-0.4, -0.2) is 90.7 Å². The van der Waals surface area contributed by atoms with E-state index >= 15 is 0 Å². The van der Waals surface area contributed by atoms with E-state index in [1.807, 2.05) is 0 Å². The molecule has 2 aromatic carbocycles. The Hall–Kier alpha value is -2.88. The Bertz CT molecular complexity index is 1250. The Kier molecular flexibility index (Phi) is 10.6. The van der Waals surface area contributed by atoms with E-state index in [-0.39, 0.29) is 12.3 Å². The molecule has 1 heterocycles. The first-order valence-corrected chi connectivity index (χ1v) is 13.8. The molecule has 0 radical (unpaired) electrons. The summed E-state index contributed by atoms with van der Waals surface area (Å²) in [7, 11) is -3.32. The topological polar surface area (TPSA) is 140 Å². The zero-order chi connectivity index (χ0) is 28.7. The van der Waals surface area contributed by atoms with Crippen LogP contribution in [-0.2, 0) is 19.6 Å². The third-order valence-corrected chi connectivity index (χ3v) is 8.17. The van der Waals surface area contributed by atoms with Crippen molar-refractivity contribution in [3.8, 4) is 11.5 Å². The molecule has 1 aliphatic rings. The molecule has 11 nitrogen and oxygen atoms in total. The standard InChI is InChI=1S/C24H29ClF2N4O7S/c1-29(23(33)24(34)30-9-3-2-4-10-30)11-12-31(15-21(32)28-35)39(36,37)18-13-19(26)22(20(27)14-18)38-17-7-5-16(25)6-8-17/h5-8,13-14,23,33,35H,2-4,9-12,15H2,1H3,(H,28,32). The summed E-state index contributed by atoms with van der Waals surface area (Å²) in [5, 5.41) is 19.8. The number of aliphatic hydroxyl groups is 1. The van der Waals surface area contributed by atoms with E-state index < -0.39 is 63.4 Å². The zero-order valence-electron chi connectivity index (χ0n) is 21.0. The van der Waals surface area contributed by atoms with E-state index in [1.165, 1.54) is 46.6 Å². The van der Waals surface area contributed by atoms with Crippen molar-refractivity contribution in [1.82, 2.24) is 19.6 Å². The van der Waals surface area contributed by atoms with Gasteiger partial charge in [-0.3, -0.25) is 19.7 Å². The number of likely N-dealkylation sites (N-methyl/N-ethyl adjacent to an activating group) is 1. The Labute approximate surface area is 229 Å². The number of benzene rings is 2. The van der Waals surface area contributed by atoms with Gasteiger partial charge in [0.25, 0.3) is 11.8 Å². The van der Waals surface area contributed by atoms with Crippen LogP contribution in [0.15, 0.2) is 41.3 Å². The van der Waals surface area contributed by atoms with Crippen LogP contribution in [0.5, 0.6) is 11.5 Å². The van der Waals surface area contributed by atoms with Crippen molar-refractivity contribution in [3.05, 3.63) is 53.1 Å². The van der Waals surface area contributed by atoms with E-state index in [9.17, 15) is 31.9 Å². The second-order valence-corrected chi connectivity index (χ2v) is 11.3. The maximum absolute atomic E-state index is 14.8. The van der Waals surface area contributed by atoms with Gasteiger partial charge < -0.3 is 14.7 Å². The average Bonchev–Trinajstić information content (AvgIpc) is 2.93. The van der Waals surface area contributed by atoms with Crippen LogP contribution < -0.4 is 10.2 Å². The number of carbonyl (C=O) groups is 2. The van der Waals surface area contributed by atoms with Crippen molar-refractivity contribution in [3.63, 3.8) is 0 Å². The van der Waals surface area contributed by atoms with Crippen molar-refractivity contribution in [2.45, 2.75) is 30.4 Å². The number of piperidine rings is 1. The predicted octanol–water partition coefficient (Wildman–Crippen LogP) is 2.17. The van der Waals surface area contributed by atoms with Crippen LogP contribution in [0, 0.1) is 11.6 Å². The smallest absolute Gasteiger partial charge is 0.266 e. The first-order valence-electron chi connectivity index (χ1n) is 12.0. The highest BCUT2D eigenvalue weighted by Crippen LogP contribution is 2.31. The quantitative estimate of drug-likeness (QED) is 0.206. The number of carbonyl (C=O) groups excluding carboxylic acids is 2. The van der Waals surface area contributed by atoms with Crippen LogP contribution in [0.4, 0.5) is 8.78 Å². The Morgan fingerprint density at radius 1 is 1.10 bits per heavy atom. The number of amides is 2. The second kappa shape index (κ2) is 13.5. The normalized spacial score (nSPS) is 14.9. The third kappa shape index (κ3) is 7.84. The summed E-state index contributed by atoms with van der Waals surface area (Å²) >= 11 is 5.78. The van der Waals surface area contributed by atoms with E-state index in [4.69, 9.17) is 21.5 Å². The highest BCUT2D eigenvalue weighted by atomic mass is 35.5. The van der Waals surface area contributed by atoms with Crippen molar-refractivity contribution < 1.29 is 41.8 Å². The molecule has 3 N–H and O–H groups in total. The number of hydrogen-bond acceptors (Lipinski definition) is 8. The maximum atomic E-state index is 14.8. The minimum Gasteiger partial charge on any atom is -0.451 e. The summed E-state index contributed by atoms with van der Waals surface area (Å²) < 4.78 is 61.9.